The quantitative estimate of drug-likeness (QED) is 0.678. The van der Waals surface area contributed by atoms with Gasteiger partial charge in [0.15, 0.2) is 0 Å². The average molecular weight is 315 g/mol. The van der Waals surface area contributed by atoms with Gasteiger partial charge >= 0.3 is 0 Å². The Hall–Kier alpha value is -1.21. The summed E-state index contributed by atoms with van der Waals surface area (Å²) in [6, 6.07) is 6.56. The van der Waals surface area contributed by atoms with Gasteiger partial charge in [-0.2, -0.15) is 0 Å². The fraction of sp³-hybridized carbons (Fsp3) is 0.308. The maximum absolute atomic E-state index is 12.1. The third-order valence-electron chi connectivity index (χ3n) is 2.82. The molecule has 1 aromatic carbocycles. The van der Waals surface area contributed by atoms with Gasteiger partial charge in [0.25, 0.3) is 0 Å². The Morgan fingerprint density at radius 2 is 2.10 bits per heavy atom. The molecule has 1 N–H and O–H groups in total. The molecule has 0 radical (unpaired) electrons. The van der Waals surface area contributed by atoms with Crippen molar-refractivity contribution in [1.82, 2.24) is 9.71 Å². The minimum atomic E-state index is -3.54. The van der Waals surface area contributed by atoms with Gasteiger partial charge in [0.2, 0.25) is 10.0 Å². The minimum Gasteiger partial charge on any atom is -0.383 e. The monoisotopic (exact) mass is 314 g/mol. The van der Waals surface area contributed by atoms with E-state index in [4.69, 9.17) is 16.3 Å². The van der Waals surface area contributed by atoms with Gasteiger partial charge in [-0.15, -0.1) is 0 Å². The van der Waals surface area contributed by atoms with Crippen LogP contribution in [0.4, 0.5) is 0 Å². The lowest BCUT2D eigenvalue weighted by Crippen LogP contribution is -2.27. The van der Waals surface area contributed by atoms with Crippen LogP contribution >= 0.6 is 11.6 Å². The molecule has 0 saturated heterocycles. The lowest BCUT2D eigenvalue weighted by molar-refractivity contribution is 0.204. The van der Waals surface area contributed by atoms with Crippen LogP contribution in [0.25, 0.3) is 10.9 Å². The van der Waals surface area contributed by atoms with Crippen molar-refractivity contribution in [2.75, 3.05) is 20.3 Å². The molecule has 0 bridgehead atoms. The van der Waals surface area contributed by atoms with E-state index in [1.807, 2.05) is 13.0 Å². The maximum atomic E-state index is 12.1. The average Bonchev–Trinajstić information content (AvgIpc) is 2.39. The summed E-state index contributed by atoms with van der Waals surface area (Å²) in [5, 5.41) is 1.16. The normalized spacial score (nSPS) is 11.9. The van der Waals surface area contributed by atoms with Crippen LogP contribution in [0.5, 0.6) is 0 Å². The Bertz CT molecular complexity index is 732. The van der Waals surface area contributed by atoms with E-state index in [2.05, 4.69) is 9.71 Å². The fourth-order valence-corrected chi connectivity index (χ4v) is 2.96. The first-order chi connectivity index (χ1) is 9.44. The van der Waals surface area contributed by atoms with Gasteiger partial charge < -0.3 is 4.74 Å². The van der Waals surface area contributed by atoms with Crippen molar-refractivity contribution in [2.45, 2.75) is 11.8 Å². The van der Waals surface area contributed by atoms with Gasteiger partial charge in [-0.3, -0.25) is 0 Å². The molecule has 0 aliphatic carbocycles. The van der Waals surface area contributed by atoms with Crippen molar-refractivity contribution in [3.8, 4) is 0 Å². The summed E-state index contributed by atoms with van der Waals surface area (Å²) in [5.74, 6) is 0. The zero-order valence-corrected chi connectivity index (χ0v) is 12.8. The van der Waals surface area contributed by atoms with Crippen LogP contribution in [0, 0.1) is 6.92 Å². The number of methoxy groups -OCH3 is 1. The second-order valence-electron chi connectivity index (χ2n) is 4.34. The number of benzene rings is 1. The number of sulfonamides is 1. The fourth-order valence-electron chi connectivity index (χ4n) is 1.77. The summed E-state index contributed by atoms with van der Waals surface area (Å²) in [7, 11) is -2.02. The van der Waals surface area contributed by atoms with Crippen LogP contribution in [0.2, 0.25) is 5.15 Å². The van der Waals surface area contributed by atoms with E-state index in [1.165, 1.54) is 13.2 Å². The lowest BCUT2D eigenvalue weighted by atomic mass is 10.2. The predicted octanol–water partition coefficient (Wildman–Crippen LogP) is 2.12. The molecule has 0 amide bonds. The number of nitrogens with zero attached hydrogens (tertiary/aromatic N) is 1. The highest BCUT2D eigenvalue weighted by atomic mass is 35.5. The van der Waals surface area contributed by atoms with Crippen molar-refractivity contribution in [2.24, 2.45) is 0 Å². The number of fused-ring (bicyclic) bond motifs is 1. The van der Waals surface area contributed by atoms with Crippen LogP contribution in [-0.2, 0) is 14.8 Å². The van der Waals surface area contributed by atoms with E-state index in [9.17, 15) is 8.42 Å². The summed E-state index contributed by atoms with van der Waals surface area (Å²) in [6.07, 6.45) is 0. The number of aryl methyl sites for hydroxylation is 1. The molecule has 2 aromatic rings. The standard InChI is InChI=1S/C13H15ClN2O3S/c1-9-7-10-8-11(3-4-12(10)16-13(9)14)20(17,18)15-5-6-19-2/h3-4,7-8,15H,5-6H2,1-2H3. The third kappa shape index (κ3) is 3.27. The molecule has 108 valence electrons. The first-order valence-electron chi connectivity index (χ1n) is 5.99. The largest absolute Gasteiger partial charge is 0.383 e. The summed E-state index contributed by atoms with van der Waals surface area (Å²) in [5.41, 5.74) is 1.47. The SMILES string of the molecule is COCCNS(=O)(=O)c1ccc2nc(Cl)c(C)cc2c1. The van der Waals surface area contributed by atoms with E-state index < -0.39 is 10.0 Å². The smallest absolute Gasteiger partial charge is 0.240 e. The van der Waals surface area contributed by atoms with E-state index in [-0.39, 0.29) is 11.4 Å². The van der Waals surface area contributed by atoms with Gasteiger partial charge in [0.1, 0.15) is 5.15 Å². The molecule has 2 rings (SSSR count). The summed E-state index contributed by atoms with van der Waals surface area (Å²) >= 11 is 5.95. The molecule has 7 heteroatoms. The zero-order valence-electron chi connectivity index (χ0n) is 11.2. The van der Waals surface area contributed by atoms with Crippen LogP contribution < -0.4 is 4.72 Å². The van der Waals surface area contributed by atoms with Gasteiger partial charge in [-0.25, -0.2) is 18.1 Å². The number of hydrogen-bond acceptors (Lipinski definition) is 4. The van der Waals surface area contributed by atoms with Crippen LogP contribution in [0.1, 0.15) is 5.56 Å². The lowest BCUT2D eigenvalue weighted by Gasteiger charge is -2.08. The third-order valence-corrected chi connectivity index (χ3v) is 4.66. The van der Waals surface area contributed by atoms with Crippen molar-refractivity contribution >= 4 is 32.5 Å². The molecule has 0 aliphatic heterocycles. The molecule has 0 saturated carbocycles. The topological polar surface area (TPSA) is 68.3 Å². The Balaban J connectivity index is 2.38. The number of halogens is 1. The first kappa shape index (κ1) is 15.2. The number of pyridine rings is 1. The van der Waals surface area contributed by atoms with Gasteiger partial charge in [-0.05, 0) is 36.8 Å². The second kappa shape index (κ2) is 6.05. The molecular formula is C13H15ClN2O3S. The van der Waals surface area contributed by atoms with Crippen LogP contribution in [0.3, 0.4) is 0 Å². The van der Waals surface area contributed by atoms with Crippen molar-refractivity contribution in [3.63, 3.8) is 0 Å². The van der Waals surface area contributed by atoms with Crippen molar-refractivity contribution in [1.29, 1.82) is 0 Å². The van der Waals surface area contributed by atoms with Crippen molar-refractivity contribution in [3.05, 3.63) is 35.0 Å². The van der Waals surface area contributed by atoms with Gasteiger partial charge in [0, 0.05) is 19.0 Å². The zero-order chi connectivity index (χ0) is 14.8. The molecule has 0 atom stereocenters. The Morgan fingerprint density at radius 1 is 1.35 bits per heavy atom. The molecule has 5 nitrogen and oxygen atoms in total. The number of aromatic nitrogens is 1. The minimum absolute atomic E-state index is 0.199. The number of ether oxygens (including phenoxy) is 1. The van der Waals surface area contributed by atoms with Crippen LogP contribution in [0.15, 0.2) is 29.2 Å². The van der Waals surface area contributed by atoms with E-state index >= 15 is 0 Å². The Kier molecular flexibility index (Phi) is 4.59. The van der Waals surface area contributed by atoms with E-state index in [0.717, 1.165) is 10.9 Å². The first-order valence-corrected chi connectivity index (χ1v) is 7.85. The molecule has 0 spiro atoms. The van der Waals surface area contributed by atoms with Crippen LogP contribution in [-0.4, -0.2) is 33.7 Å². The predicted molar refractivity (Wildman–Crippen MR) is 78.6 cm³/mol. The summed E-state index contributed by atoms with van der Waals surface area (Å²) in [4.78, 5) is 4.40. The maximum Gasteiger partial charge on any atom is 0.240 e. The highest BCUT2D eigenvalue weighted by Gasteiger charge is 2.14. The van der Waals surface area contributed by atoms with Gasteiger partial charge in [0.05, 0.1) is 17.0 Å². The highest BCUT2D eigenvalue weighted by molar-refractivity contribution is 7.89. The molecule has 1 heterocycles. The van der Waals surface area contributed by atoms with E-state index in [0.29, 0.717) is 17.3 Å². The van der Waals surface area contributed by atoms with Gasteiger partial charge in [-0.1, -0.05) is 11.6 Å². The Labute approximate surface area is 123 Å². The summed E-state index contributed by atoms with van der Waals surface area (Å²) in [6.45, 7) is 2.38. The molecule has 0 fully saturated rings. The van der Waals surface area contributed by atoms with Crippen molar-refractivity contribution < 1.29 is 13.2 Å². The Morgan fingerprint density at radius 3 is 2.80 bits per heavy atom. The second-order valence-corrected chi connectivity index (χ2v) is 6.47. The number of nitrogens with one attached hydrogen (secondary N) is 1. The molecule has 1 aromatic heterocycles. The molecule has 20 heavy (non-hydrogen) atoms. The summed E-state index contributed by atoms with van der Waals surface area (Å²) < 4.78 is 31.5. The highest BCUT2D eigenvalue weighted by Crippen LogP contribution is 2.22. The molecule has 0 unspecified atom stereocenters. The number of rotatable bonds is 5. The van der Waals surface area contributed by atoms with E-state index in [1.54, 1.807) is 12.1 Å². The molecular weight excluding hydrogens is 300 g/mol. The number of hydrogen-bond donors (Lipinski definition) is 1. The molecule has 0 aliphatic rings.